The van der Waals surface area contributed by atoms with Gasteiger partial charge in [0.05, 0.1) is 0 Å². The van der Waals surface area contributed by atoms with Crippen LogP contribution < -0.4 is 16.0 Å². The molecule has 0 bridgehead atoms. The van der Waals surface area contributed by atoms with Crippen LogP contribution in [0, 0.1) is 12.3 Å². The van der Waals surface area contributed by atoms with Gasteiger partial charge in [0.2, 0.25) is 17.7 Å². The number of hydrogen-bond donors (Lipinski definition) is 3. The average Bonchev–Trinajstić information content (AvgIpc) is 3.46. The minimum absolute atomic E-state index is 0.159. The van der Waals surface area contributed by atoms with E-state index in [0.717, 1.165) is 23.2 Å². The van der Waals surface area contributed by atoms with E-state index < -0.39 is 5.41 Å². The van der Waals surface area contributed by atoms with Crippen molar-refractivity contribution in [1.82, 2.24) is 0 Å². The Bertz CT molecular complexity index is 915. The van der Waals surface area contributed by atoms with Gasteiger partial charge in [0.25, 0.3) is 0 Å². The molecule has 28 heavy (non-hydrogen) atoms. The summed E-state index contributed by atoms with van der Waals surface area (Å²) in [7, 11) is 0. The van der Waals surface area contributed by atoms with E-state index in [1.54, 1.807) is 24.3 Å². The van der Waals surface area contributed by atoms with Crippen molar-refractivity contribution in [2.24, 2.45) is 5.41 Å². The SMILES string of the molecule is CCc1cccc(C)c1NC(=O)C1(C(=O)Nc2ccc(NC(C)=O)cc2)CC1. The summed E-state index contributed by atoms with van der Waals surface area (Å²) in [6.07, 6.45) is 1.86. The number of para-hydroxylation sites is 1. The maximum absolute atomic E-state index is 12.9. The molecule has 3 N–H and O–H groups in total. The van der Waals surface area contributed by atoms with Gasteiger partial charge in [-0.05, 0) is 61.6 Å². The van der Waals surface area contributed by atoms with E-state index in [1.165, 1.54) is 6.92 Å². The number of anilines is 3. The second-order valence-electron chi connectivity index (χ2n) is 7.21. The topological polar surface area (TPSA) is 87.3 Å². The Hall–Kier alpha value is -3.15. The Balaban J connectivity index is 1.70. The van der Waals surface area contributed by atoms with Crippen molar-refractivity contribution in [3.05, 3.63) is 53.6 Å². The van der Waals surface area contributed by atoms with Gasteiger partial charge in [0.15, 0.2) is 0 Å². The predicted molar refractivity (Wildman–Crippen MR) is 110 cm³/mol. The smallest absolute Gasteiger partial charge is 0.240 e. The van der Waals surface area contributed by atoms with Gasteiger partial charge in [-0.1, -0.05) is 25.1 Å². The van der Waals surface area contributed by atoms with Crippen LogP contribution in [0.15, 0.2) is 42.5 Å². The summed E-state index contributed by atoms with van der Waals surface area (Å²) in [6.45, 7) is 5.42. The van der Waals surface area contributed by atoms with Crippen LogP contribution in [-0.4, -0.2) is 17.7 Å². The van der Waals surface area contributed by atoms with Gasteiger partial charge in [-0.15, -0.1) is 0 Å². The highest BCUT2D eigenvalue weighted by Crippen LogP contribution is 2.47. The maximum Gasteiger partial charge on any atom is 0.240 e. The molecule has 1 aliphatic carbocycles. The third-order valence-corrected chi connectivity index (χ3v) is 5.06. The van der Waals surface area contributed by atoms with Gasteiger partial charge < -0.3 is 16.0 Å². The number of carbonyl (C=O) groups excluding carboxylic acids is 3. The number of nitrogens with one attached hydrogen (secondary N) is 3. The van der Waals surface area contributed by atoms with E-state index >= 15 is 0 Å². The van der Waals surface area contributed by atoms with E-state index in [4.69, 9.17) is 0 Å². The number of amides is 3. The Morgan fingerprint density at radius 3 is 2.00 bits per heavy atom. The lowest BCUT2D eigenvalue weighted by Crippen LogP contribution is -2.36. The molecule has 0 heterocycles. The van der Waals surface area contributed by atoms with Gasteiger partial charge in [-0.25, -0.2) is 0 Å². The van der Waals surface area contributed by atoms with Crippen LogP contribution in [0.1, 0.15) is 37.8 Å². The van der Waals surface area contributed by atoms with Crippen molar-refractivity contribution in [2.75, 3.05) is 16.0 Å². The molecule has 3 amide bonds. The highest BCUT2D eigenvalue weighted by Gasteiger charge is 2.56. The van der Waals surface area contributed by atoms with Crippen LogP contribution in [0.3, 0.4) is 0 Å². The molecule has 6 heteroatoms. The Morgan fingerprint density at radius 2 is 1.46 bits per heavy atom. The molecule has 146 valence electrons. The third-order valence-electron chi connectivity index (χ3n) is 5.06. The molecule has 1 saturated carbocycles. The van der Waals surface area contributed by atoms with Crippen LogP contribution in [0.25, 0.3) is 0 Å². The van der Waals surface area contributed by atoms with Gasteiger partial charge in [0, 0.05) is 24.0 Å². The summed E-state index contributed by atoms with van der Waals surface area (Å²) in [6, 6.07) is 12.7. The number of hydrogen-bond acceptors (Lipinski definition) is 3. The second kappa shape index (κ2) is 7.84. The first-order valence-corrected chi connectivity index (χ1v) is 9.45. The van der Waals surface area contributed by atoms with Crippen molar-refractivity contribution >= 4 is 34.8 Å². The van der Waals surface area contributed by atoms with Crippen LogP contribution in [0.5, 0.6) is 0 Å². The summed E-state index contributed by atoms with van der Waals surface area (Å²) in [5.41, 5.74) is 3.05. The molecule has 6 nitrogen and oxygen atoms in total. The number of carbonyl (C=O) groups is 3. The minimum Gasteiger partial charge on any atom is -0.326 e. The zero-order valence-corrected chi connectivity index (χ0v) is 16.4. The molecule has 3 rings (SSSR count). The lowest BCUT2D eigenvalue weighted by Gasteiger charge is -2.18. The van der Waals surface area contributed by atoms with Gasteiger partial charge in [-0.3, -0.25) is 14.4 Å². The van der Waals surface area contributed by atoms with E-state index in [1.807, 2.05) is 32.0 Å². The quantitative estimate of drug-likeness (QED) is 0.666. The molecular weight excluding hydrogens is 354 g/mol. The highest BCUT2D eigenvalue weighted by molar-refractivity contribution is 6.17. The van der Waals surface area contributed by atoms with Crippen molar-refractivity contribution in [1.29, 1.82) is 0 Å². The standard InChI is InChI=1S/C22H25N3O3/c1-4-16-7-5-6-14(2)19(16)25-21(28)22(12-13-22)20(27)24-18-10-8-17(9-11-18)23-15(3)26/h5-11H,4,12-13H2,1-3H3,(H,23,26)(H,24,27)(H,25,28). The predicted octanol–water partition coefficient (Wildman–Crippen LogP) is 3.87. The first kappa shape index (κ1) is 19.6. The summed E-state index contributed by atoms with van der Waals surface area (Å²) in [5, 5.41) is 8.48. The molecule has 0 radical (unpaired) electrons. The molecule has 1 fully saturated rings. The first-order valence-electron chi connectivity index (χ1n) is 9.45. The number of benzene rings is 2. The van der Waals surface area contributed by atoms with Crippen molar-refractivity contribution < 1.29 is 14.4 Å². The second-order valence-corrected chi connectivity index (χ2v) is 7.21. The van der Waals surface area contributed by atoms with E-state index in [2.05, 4.69) is 16.0 Å². The number of rotatable bonds is 6. The summed E-state index contributed by atoms with van der Waals surface area (Å²) >= 11 is 0. The molecule has 0 aromatic heterocycles. The van der Waals surface area contributed by atoms with Crippen LogP contribution in [-0.2, 0) is 20.8 Å². The third kappa shape index (κ3) is 4.06. The van der Waals surface area contributed by atoms with E-state index in [9.17, 15) is 14.4 Å². The fourth-order valence-electron chi connectivity index (χ4n) is 3.21. The lowest BCUT2D eigenvalue weighted by molar-refractivity contribution is -0.131. The van der Waals surface area contributed by atoms with Crippen LogP contribution in [0.2, 0.25) is 0 Å². The highest BCUT2D eigenvalue weighted by atomic mass is 16.2. The monoisotopic (exact) mass is 379 g/mol. The Kier molecular flexibility index (Phi) is 5.49. The normalized spacial score (nSPS) is 14.1. The molecule has 0 aliphatic heterocycles. The summed E-state index contributed by atoms with van der Waals surface area (Å²) in [5.74, 6) is -0.721. The van der Waals surface area contributed by atoms with Gasteiger partial charge in [-0.2, -0.15) is 0 Å². The van der Waals surface area contributed by atoms with Crippen LogP contribution in [0.4, 0.5) is 17.1 Å². The molecule has 2 aromatic carbocycles. The molecule has 1 aliphatic rings. The average molecular weight is 379 g/mol. The fraction of sp³-hybridized carbons (Fsp3) is 0.318. The first-order chi connectivity index (χ1) is 13.4. The molecule has 0 atom stereocenters. The zero-order valence-electron chi connectivity index (χ0n) is 16.4. The van der Waals surface area contributed by atoms with Crippen molar-refractivity contribution in [3.63, 3.8) is 0 Å². The molecular formula is C22H25N3O3. The molecule has 0 saturated heterocycles. The molecule has 0 spiro atoms. The van der Waals surface area contributed by atoms with Gasteiger partial charge >= 0.3 is 0 Å². The molecule has 2 aromatic rings. The van der Waals surface area contributed by atoms with E-state index in [0.29, 0.717) is 24.2 Å². The van der Waals surface area contributed by atoms with E-state index in [-0.39, 0.29) is 17.7 Å². The largest absolute Gasteiger partial charge is 0.326 e. The fourth-order valence-corrected chi connectivity index (χ4v) is 3.21. The van der Waals surface area contributed by atoms with Crippen molar-refractivity contribution in [2.45, 2.75) is 40.0 Å². The number of aryl methyl sites for hydroxylation is 2. The lowest BCUT2D eigenvalue weighted by atomic mass is 10.0. The van der Waals surface area contributed by atoms with Gasteiger partial charge in [0.1, 0.15) is 5.41 Å². The zero-order chi connectivity index (χ0) is 20.3. The van der Waals surface area contributed by atoms with Crippen molar-refractivity contribution in [3.8, 4) is 0 Å². The Morgan fingerprint density at radius 1 is 0.893 bits per heavy atom. The molecule has 0 unspecified atom stereocenters. The minimum atomic E-state index is -1.02. The summed E-state index contributed by atoms with van der Waals surface area (Å²) in [4.78, 5) is 36.8. The Labute approximate surface area is 164 Å². The maximum atomic E-state index is 12.9. The summed E-state index contributed by atoms with van der Waals surface area (Å²) < 4.78 is 0. The van der Waals surface area contributed by atoms with Crippen LogP contribution >= 0.6 is 0 Å².